The van der Waals surface area contributed by atoms with E-state index in [9.17, 15) is 9.59 Å². The number of amides is 2. The van der Waals surface area contributed by atoms with E-state index in [1.54, 1.807) is 9.25 Å². The molecule has 2 amide bonds. The highest BCUT2D eigenvalue weighted by Gasteiger charge is 2.22. The van der Waals surface area contributed by atoms with Crippen LogP contribution in [0.15, 0.2) is 35.1 Å². The Labute approximate surface area is 165 Å². The minimum Gasteiger partial charge on any atom is -0.338 e. The molecule has 1 aromatic heterocycles. The minimum absolute atomic E-state index is 0.0491. The largest absolute Gasteiger partial charge is 0.345 e. The second-order valence-corrected chi connectivity index (χ2v) is 7.54. The van der Waals surface area contributed by atoms with Gasteiger partial charge in [0.05, 0.1) is 6.54 Å². The van der Waals surface area contributed by atoms with Crippen LogP contribution in [0, 0.1) is 0 Å². The van der Waals surface area contributed by atoms with Crippen LogP contribution in [0.5, 0.6) is 0 Å². The molecule has 1 aromatic carbocycles. The maximum atomic E-state index is 12.5. The molecule has 0 saturated heterocycles. The molecule has 0 radical (unpaired) electrons. The maximum Gasteiger partial charge on any atom is 0.345 e. The quantitative estimate of drug-likeness (QED) is 0.739. The molecule has 8 nitrogen and oxygen atoms in total. The summed E-state index contributed by atoms with van der Waals surface area (Å²) in [6, 6.07) is 9.99. The van der Waals surface area contributed by atoms with Gasteiger partial charge in [0.25, 0.3) is 0 Å². The first-order valence-electron chi connectivity index (χ1n) is 9.92. The van der Waals surface area contributed by atoms with Crippen molar-refractivity contribution in [2.45, 2.75) is 44.8 Å². The third-order valence-electron chi connectivity index (χ3n) is 5.05. The molecular formula is C20H30N6O2. The highest BCUT2D eigenvalue weighted by atomic mass is 16.2. The number of rotatable bonds is 7. The topological polar surface area (TPSA) is 84.2 Å². The molecule has 1 atom stereocenters. The van der Waals surface area contributed by atoms with Gasteiger partial charge < -0.3 is 15.5 Å². The highest BCUT2D eigenvalue weighted by molar-refractivity contribution is 5.74. The van der Waals surface area contributed by atoms with Crippen LogP contribution in [0.2, 0.25) is 0 Å². The first-order chi connectivity index (χ1) is 13.5. The van der Waals surface area contributed by atoms with E-state index < -0.39 is 0 Å². The Kier molecular flexibility index (Phi) is 6.86. The van der Waals surface area contributed by atoms with Crippen LogP contribution in [0.25, 0.3) is 0 Å². The molecule has 1 unspecified atom stereocenters. The molecule has 3 rings (SSSR count). The van der Waals surface area contributed by atoms with E-state index in [-0.39, 0.29) is 17.8 Å². The van der Waals surface area contributed by atoms with E-state index in [1.807, 2.05) is 37.2 Å². The second kappa shape index (κ2) is 9.54. The van der Waals surface area contributed by atoms with Crippen molar-refractivity contribution in [3.05, 3.63) is 52.2 Å². The monoisotopic (exact) mass is 386 g/mol. The average molecular weight is 387 g/mol. The van der Waals surface area contributed by atoms with Gasteiger partial charge in [-0.15, -0.1) is 0 Å². The minimum atomic E-state index is -0.149. The molecule has 28 heavy (non-hydrogen) atoms. The van der Waals surface area contributed by atoms with Crippen molar-refractivity contribution in [1.29, 1.82) is 0 Å². The molecule has 1 aliphatic heterocycles. The van der Waals surface area contributed by atoms with E-state index in [4.69, 9.17) is 0 Å². The van der Waals surface area contributed by atoms with Crippen LogP contribution in [-0.2, 0) is 25.9 Å². The second-order valence-electron chi connectivity index (χ2n) is 7.54. The Morgan fingerprint density at radius 1 is 1.25 bits per heavy atom. The molecule has 0 saturated carbocycles. The Morgan fingerprint density at radius 2 is 2.04 bits per heavy atom. The standard InChI is InChI=1S/C20H30N6O2/c1-24(2)14-15-26-20(28)25-13-11-17(8-9-18(25)23-26)22-19(27)21-12-10-16-6-4-3-5-7-16/h3-7,17H,8-15H2,1-2H3,(H2,21,22,27). The fourth-order valence-corrected chi connectivity index (χ4v) is 3.41. The average Bonchev–Trinajstić information content (AvgIpc) is 2.84. The summed E-state index contributed by atoms with van der Waals surface area (Å²) in [5.74, 6) is 0.817. The van der Waals surface area contributed by atoms with Gasteiger partial charge in [-0.2, -0.15) is 5.10 Å². The summed E-state index contributed by atoms with van der Waals surface area (Å²) in [7, 11) is 3.96. The smallest absolute Gasteiger partial charge is 0.338 e. The molecule has 2 aromatic rings. The number of carbonyl (C=O) groups is 1. The van der Waals surface area contributed by atoms with E-state index in [0.717, 1.165) is 31.6 Å². The van der Waals surface area contributed by atoms with Crippen LogP contribution < -0.4 is 16.3 Å². The summed E-state index contributed by atoms with van der Waals surface area (Å²) in [4.78, 5) is 26.7. The van der Waals surface area contributed by atoms with Crippen LogP contribution in [0.4, 0.5) is 4.79 Å². The lowest BCUT2D eigenvalue weighted by Gasteiger charge is -2.16. The van der Waals surface area contributed by atoms with Crippen LogP contribution in [-0.4, -0.2) is 58.5 Å². The molecule has 8 heteroatoms. The summed E-state index contributed by atoms with van der Waals surface area (Å²) < 4.78 is 3.31. The van der Waals surface area contributed by atoms with E-state index >= 15 is 0 Å². The summed E-state index contributed by atoms with van der Waals surface area (Å²) in [6.45, 7) is 2.56. The van der Waals surface area contributed by atoms with Crippen LogP contribution in [0.3, 0.4) is 0 Å². The lowest BCUT2D eigenvalue weighted by Crippen LogP contribution is -2.43. The van der Waals surface area contributed by atoms with Gasteiger partial charge in [0.2, 0.25) is 0 Å². The number of fused-ring (bicyclic) bond motifs is 1. The van der Waals surface area contributed by atoms with Gasteiger partial charge in [0.15, 0.2) is 0 Å². The van der Waals surface area contributed by atoms with Gasteiger partial charge in [0.1, 0.15) is 5.82 Å². The van der Waals surface area contributed by atoms with Gasteiger partial charge in [0, 0.05) is 32.1 Å². The first-order valence-corrected chi connectivity index (χ1v) is 9.92. The van der Waals surface area contributed by atoms with Crippen LogP contribution in [0.1, 0.15) is 24.2 Å². The predicted octanol–water partition coefficient (Wildman–Crippen LogP) is 0.853. The maximum absolute atomic E-state index is 12.5. The summed E-state index contributed by atoms with van der Waals surface area (Å²) in [6.07, 6.45) is 3.02. The Hall–Kier alpha value is -2.61. The van der Waals surface area contributed by atoms with Gasteiger partial charge in [-0.1, -0.05) is 30.3 Å². The summed E-state index contributed by atoms with van der Waals surface area (Å²) in [5.41, 5.74) is 1.15. The van der Waals surface area contributed by atoms with Crippen molar-refractivity contribution in [1.82, 2.24) is 29.9 Å². The number of aromatic nitrogens is 3. The SMILES string of the molecule is CN(C)CCn1nc2n(c1=O)CCC(NC(=O)NCCc1ccccc1)CC2. The normalized spacial score (nSPS) is 16.5. The number of aryl methyl sites for hydroxylation is 1. The first kappa shape index (κ1) is 20.1. The van der Waals surface area contributed by atoms with E-state index in [2.05, 4.69) is 27.9 Å². The fraction of sp³-hybridized carbons (Fsp3) is 0.550. The highest BCUT2D eigenvalue weighted by Crippen LogP contribution is 2.12. The molecule has 0 bridgehead atoms. The molecule has 2 N–H and O–H groups in total. The van der Waals surface area contributed by atoms with Gasteiger partial charge >= 0.3 is 11.7 Å². The number of hydrogen-bond acceptors (Lipinski definition) is 4. The number of nitrogens with one attached hydrogen (secondary N) is 2. The van der Waals surface area contributed by atoms with Crippen molar-refractivity contribution in [2.24, 2.45) is 0 Å². The zero-order chi connectivity index (χ0) is 19.9. The third-order valence-corrected chi connectivity index (χ3v) is 5.05. The van der Waals surface area contributed by atoms with Crippen molar-refractivity contribution in [3.63, 3.8) is 0 Å². The van der Waals surface area contributed by atoms with Crippen molar-refractivity contribution < 1.29 is 4.79 Å². The molecule has 0 aliphatic carbocycles. The molecule has 0 spiro atoms. The Balaban J connectivity index is 1.46. The molecule has 152 valence electrons. The zero-order valence-electron chi connectivity index (χ0n) is 16.7. The van der Waals surface area contributed by atoms with E-state index in [1.165, 1.54) is 5.56 Å². The van der Waals surface area contributed by atoms with Crippen LogP contribution >= 0.6 is 0 Å². The van der Waals surface area contributed by atoms with Crippen molar-refractivity contribution in [2.75, 3.05) is 27.2 Å². The summed E-state index contributed by atoms with van der Waals surface area (Å²) in [5, 5.41) is 10.4. The fourth-order valence-electron chi connectivity index (χ4n) is 3.41. The third kappa shape index (κ3) is 5.45. The Bertz CT molecular complexity index is 827. The number of nitrogens with zero attached hydrogens (tertiary/aromatic N) is 4. The van der Waals surface area contributed by atoms with Gasteiger partial charge in [-0.3, -0.25) is 4.57 Å². The molecule has 2 heterocycles. The molecular weight excluding hydrogens is 356 g/mol. The number of benzene rings is 1. The van der Waals surface area contributed by atoms with Gasteiger partial charge in [-0.05, 0) is 38.9 Å². The lowest BCUT2D eigenvalue weighted by atomic mass is 10.1. The number of likely N-dealkylation sites (N-methyl/N-ethyl adjacent to an activating group) is 1. The van der Waals surface area contributed by atoms with Crippen molar-refractivity contribution in [3.8, 4) is 0 Å². The Morgan fingerprint density at radius 3 is 2.79 bits per heavy atom. The molecule has 1 aliphatic rings. The number of urea groups is 1. The molecule has 0 fully saturated rings. The predicted molar refractivity (Wildman–Crippen MR) is 108 cm³/mol. The van der Waals surface area contributed by atoms with Gasteiger partial charge in [-0.25, -0.2) is 14.3 Å². The summed E-state index contributed by atoms with van der Waals surface area (Å²) >= 11 is 0. The lowest BCUT2D eigenvalue weighted by molar-refractivity contribution is 0.235. The zero-order valence-corrected chi connectivity index (χ0v) is 16.7. The number of hydrogen-bond donors (Lipinski definition) is 2. The van der Waals surface area contributed by atoms with E-state index in [0.29, 0.717) is 26.1 Å². The van der Waals surface area contributed by atoms with Crippen molar-refractivity contribution >= 4 is 6.03 Å². The number of carbonyl (C=O) groups excluding carboxylic acids is 1.